The maximum absolute atomic E-state index is 11.1. The van der Waals surface area contributed by atoms with Crippen LogP contribution in [0.2, 0.25) is 0 Å². The van der Waals surface area contributed by atoms with Crippen molar-refractivity contribution in [3.05, 3.63) is 30.3 Å². The highest BCUT2D eigenvalue weighted by Crippen LogP contribution is 2.06. The van der Waals surface area contributed by atoms with E-state index in [-0.39, 0.29) is 0 Å². The standard InChI is InChI=1S/C13H19N3O2S/c14-9-5-4-8-11(12(17)18)16-13(19)15-10-6-2-1-3-7-10/h1-3,6-7,11H,4-5,8-9,14H2,(H,17,18)(H2,15,16,19)/t11-/m0/s1. The Bertz CT molecular complexity index is 412. The molecule has 0 fully saturated rings. The summed E-state index contributed by atoms with van der Waals surface area (Å²) in [5.41, 5.74) is 6.21. The maximum atomic E-state index is 11.1. The van der Waals surface area contributed by atoms with Gasteiger partial charge in [0.1, 0.15) is 6.04 Å². The molecule has 1 aromatic carbocycles. The second kappa shape index (κ2) is 8.44. The second-order valence-electron chi connectivity index (χ2n) is 4.14. The molecular weight excluding hydrogens is 262 g/mol. The smallest absolute Gasteiger partial charge is 0.326 e. The van der Waals surface area contributed by atoms with Crippen molar-refractivity contribution in [1.82, 2.24) is 5.32 Å². The van der Waals surface area contributed by atoms with Crippen LogP contribution < -0.4 is 16.4 Å². The Balaban J connectivity index is 2.45. The van der Waals surface area contributed by atoms with Crippen molar-refractivity contribution in [2.45, 2.75) is 25.3 Å². The van der Waals surface area contributed by atoms with Crippen molar-refractivity contribution in [2.24, 2.45) is 5.73 Å². The third-order valence-electron chi connectivity index (χ3n) is 2.58. The Kier molecular flexibility index (Phi) is 6.84. The molecule has 1 atom stereocenters. The van der Waals surface area contributed by atoms with Crippen molar-refractivity contribution in [3.8, 4) is 0 Å². The van der Waals surface area contributed by atoms with E-state index in [4.69, 9.17) is 23.1 Å². The van der Waals surface area contributed by atoms with Gasteiger partial charge in [0, 0.05) is 5.69 Å². The summed E-state index contributed by atoms with van der Waals surface area (Å²) in [6.07, 6.45) is 2.07. The quantitative estimate of drug-likeness (QED) is 0.448. The van der Waals surface area contributed by atoms with E-state index >= 15 is 0 Å². The molecule has 104 valence electrons. The molecule has 0 saturated carbocycles. The van der Waals surface area contributed by atoms with Gasteiger partial charge in [0.2, 0.25) is 0 Å². The summed E-state index contributed by atoms with van der Waals surface area (Å²) >= 11 is 5.10. The fourth-order valence-corrected chi connectivity index (χ4v) is 1.86. The Hall–Kier alpha value is -1.66. The lowest BCUT2D eigenvalue weighted by Gasteiger charge is -2.17. The van der Waals surface area contributed by atoms with Crippen molar-refractivity contribution in [2.75, 3.05) is 11.9 Å². The Morgan fingerprint density at radius 2 is 2.00 bits per heavy atom. The lowest BCUT2D eigenvalue weighted by molar-refractivity contribution is -0.139. The number of para-hydroxylation sites is 1. The lowest BCUT2D eigenvalue weighted by Crippen LogP contribution is -2.42. The summed E-state index contributed by atoms with van der Waals surface area (Å²) in [5, 5.41) is 15.2. The number of hydrogen-bond acceptors (Lipinski definition) is 3. The molecule has 5 nitrogen and oxygen atoms in total. The molecule has 0 saturated heterocycles. The normalized spacial score (nSPS) is 11.6. The van der Waals surface area contributed by atoms with Gasteiger partial charge in [0.25, 0.3) is 0 Å². The van der Waals surface area contributed by atoms with Gasteiger partial charge < -0.3 is 21.5 Å². The third kappa shape index (κ3) is 6.17. The highest BCUT2D eigenvalue weighted by Gasteiger charge is 2.17. The van der Waals surface area contributed by atoms with Crippen LogP contribution in [-0.4, -0.2) is 28.8 Å². The Labute approximate surface area is 118 Å². The summed E-state index contributed by atoms with van der Waals surface area (Å²) in [4.78, 5) is 11.1. The third-order valence-corrected chi connectivity index (χ3v) is 2.80. The van der Waals surface area contributed by atoms with Gasteiger partial charge in [-0.3, -0.25) is 0 Å². The molecular formula is C13H19N3O2S. The molecule has 0 heterocycles. The minimum atomic E-state index is -0.908. The van der Waals surface area contributed by atoms with Crippen LogP contribution in [0.4, 0.5) is 5.69 Å². The first-order valence-corrected chi connectivity index (χ1v) is 6.59. The number of benzene rings is 1. The SMILES string of the molecule is NCCCC[C@H](NC(=S)Nc1ccccc1)C(=O)O. The van der Waals surface area contributed by atoms with E-state index < -0.39 is 12.0 Å². The van der Waals surface area contributed by atoms with E-state index in [1.54, 1.807) is 0 Å². The Morgan fingerprint density at radius 1 is 1.32 bits per heavy atom. The summed E-state index contributed by atoms with van der Waals surface area (Å²) in [6.45, 7) is 0.569. The molecule has 0 aliphatic rings. The molecule has 0 amide bonds. The fourth-order valence-electron chi connectivity index (χ4n) is 1.60. The first-order chi connectivity index (χ1) is 9.13. The number of unbranched alkanes of at least 4 members (excludes halogenated alkanes) is 1. The first kappa shape index (κ1) is 15.4. The average molecular weight is 281 g/mol. The van der Waals surface area contributed by atoms with E-state index in [0.29, 0.717) is 18.1 Å². The first-order valence-electron chi connectivity index (χ1n) is 6.19. The van der Waals surface area contributed by atoms with Gasteiger partial charge in [-0.25, -0.2) is 4.79 Å². The molecule has 1 rings (SSSR count). The molecule has 6 heteroatoms. The van der Waals surface area contributed by atoms with Crippen molar-refractivity contribution >= 4 is 29.0 Å². The summed E-state index contributed by atoms with van der Waals surface area (Å²) in [5.74, 6) is -0.908. The minimum absolute atomic E-state index is 0.311. The zero-order chi connectivity index (χ0) is 14.1. The number of nitrogens with one attached hydrogen (secondary N) is 2. The van der Waals surface area contributed by atoms with Gasteiger partial charge in [0.05, 0.1) is 0 Å². The zero-order valence-corrected chi connectivity index (χ0v) is 11.5. The van der Waals surface area contributed by atoms with E-state index in [2.05, 4.69) is 10.6 Å². The van der Waals surface area contributed by atoms with Gasteiger partial charge in [-0.2, -0.15) is 0 Å². The molecule has 0 spiro atoms. The van der Waals surface area contributed by atoms with Gasteiger partial charge in [-0.1, -0.05) is 18.2 Å². The maximum Gasteiger partial charge on any atom is 0.326 e. The van der Waals surface area contributed by atoms with Gasteiger partial charge in [-0.15, -0.1) is 0 Å². The molecule has 5 N–H and O–H groups in total. The van der Waals surface area contributed by atoms with Crippen LogP contribution in [0.1, 0.15) is 19.3 Å². The molecule has 0 aliphatic heterocycles. The van der Waals surface area contributed by atoms with Gasteiger partial charge >= 0.3 is 5.97 Å². The summed E-state index contributed by atoms with van der Waals surface area (Å²) in [7, 11) is 0. The van der Waals surface area contributed by atoms with Crippen LogP contribution in [-0.2, 0) is 4.79 Å². The van der Waals surface area contributed by atoms with E-state index in [1.807, 2.05) is 30.3 Å². The molecule has 0 bridgehead atoms. The highest BCUT2D eigenvalue weighted by atomic mass is 32.1. The number of nitrogens with two attached hydrogens (primary N) is 1. The van der Waals surface area contributed by atoms with E-state index in [0.717, 1.165) is 18.5 Å². The number of hydrogen-bond donors (Lipinski definition) is 4. The number of carboxylic acids is 1. The monoisotopic (exact) mass is 281 g/mol. The number of carbonyl (C=O) groups is 1. The van der Waals surface area contributed by atoms with Crippen molar-refractivity contribution in [1.29, 1.82) is 0 Å². The second-order valence-corrected chi connectivity index (χ2v) is 4.55. The molecule has 0 aliphatic carbocycles. The average Bonchev–Trinajstić information content (AvgIpc) is 2.38. The zero-order valence-electron chi connectivity index (χ0n) is 10.6. The number of anilines is 1. The number of aliphatic carboxylic acids is 1. The van der Waals surface area contributed by atoms with Crippen LogP contribution in [0.25, 0.3) is 0 Å². The minimum Gasteiger partial charge on any atom is -0.480 e. The van der Waals surface area contributed by atoms with Gasteiger partial charge in [-0.05, 0) is 50.2 Å². The molecule has 0 radical (unpaired) electrons. The topological polar surface area (TPSA) is 87.4 Å². The number of carboxylic acid groups (broad SMARTS) is 1. The number of rotatable bonds is 7. The van der Waals surface area contributed by atoms with Crippen LogP contribution in [0, 0.1) is 0 Å². The molecule has 19 heavy (non-hydrogen) atoms. The molecule has 0 unspecified atom stereocenters. The van der Waals surface area contributed by atoms with Crippen LogP contribution in [0.15, 0.2) is 30.3 Å². The van der Waals surface area contributed by atoms with Crippen molar-refractivity contribution in [3.63, 3.8) is 0 Å². The fraction of sp³-hybridized carbons (Fsp3) is 0.385. The van der Waals surface area contributed by atoms with E-state index in [1.165, 1.54) is 0 Å². The largest absolute Gasteiger partial charge is 0.480 e. The van der Waals surface area contributed by atoms with Crippen LogP contribution in [0.5, 0.6) is 0 Å². The van der Waals surface area contributed by atoms with Crippen molar-refractivity contribution < 1.29 is 9.90 Å². The summed E-state index contributed by atoms with van der Waals surface area (Å²) in [6, 6.07) is 8.68. The van der Waals surface area contributed by atoms with Crippen LogP contribution in [0.3, 0.4) is 0 Å². The lowest BCUT2D eigenvalue weighted by atomic mass is 10.1. The summed E-state index contributed by atoms with van der Waals surface area (Å²) < 4.78 is 0. The predicted molar refractivity (Wildman–Crippen MR) is 80.1 cm³/mol. The predicted octanol–water partition coefficient (Wildman–Crippen LogP) is 1.56. The van der Waals surface area contributed by atoms with E-state index in [9.17, 15) is 4.79 Å². The molecule has 0 aromatic heterocycles. The highest BCUT2D eigenvalue weighted by molar-refractivity contribution is 7.80. The number of thiocarbonyl (C=S) groups is 1. The van der Waals surface area contributed by atoms with Crippen LogP contribution >= 0.6 is 12.2 Å². The molecule has 1 aromatic rings. The Morgan fingerprint density at radius 3 is 2.58 bits per heavy atom. The van der Waals surface area contributed by atoms with Gasteiger partial charge in [0.15, 0.2) is 5.11 Å².